The Hall–Kier alpha value is -4.34. The van der Waals surface area contributed by atoms with E-state index in [0.29, 0.717) is 35.7 Å². The Bertz CT molecular complexity index is 1430. The molecule has 2 aromatic carbocycles. The lowest BCUT2D eigenvalue weighted by atomic mass is 10.0. The third-order valence-corrected chi connectivity index (χ3v) is 7.29. The molecule has 0 spiro atoms. The van der Waals surface area contributed by atoms with E-state index < -0.39 is 17.1 Å². The van der Waals surface area contributed by atoms with Crippen molar-refractivity contribution in [3.8, 4) is 11.4 Å². The van der Waals surface area contributed by atoms with Gasteiger partial charge >= 0.3 is 12.1 Å². The number of aromatic carboxylic acids is 1. The van der Waals surface area contributed by atoms with Gasteiger partial charge in [-0.1, -0.05) is 12.1 Å². The molecule has 1 aliphatic carbocycles. The number of aromatic nitrogens is 2. The minimum Gasteiger partial charge on any atom is -0.497 e. The zero-order valence-corrected chi connectivity index (χ0v) is 22.7. The second-order valence-corrected chi connectivity index (χ2v) is 10.9. The summed E-state index contributed by atoms with van der Waals surface area (Å²) in [6.07, 6.45) is 1.63. The summed E-state index contributed by atoms with van der Waals surface area (Å²) < 4.78 is 12.2. The maximum Gasteiger partial charge on any atom is 0.410 e. The van der Waals surface area contributed by atoms with Crippen molar-refractivity contribution in [2.24, 2.45) is 0 Å². The number of carboxylic acid groups (broad SMARTS) is 1. The fourth-order valence-corrected chi connectivity index (χ4v) is 5.08. The fraction of sp³-hybridized carbons (Fsp3) is 0.379. The third kappa shape index (κ3) is 4.71. The van der Waals surface area contributed by atoms with Crippen molar-refractivity contribution in [1.82, 2.24) is 14.7 Å². The van der Waals surface area contributed by atoms with Crippen LogP contribution in [-0.2, 0) is 16.7 Å². The van der Waals surface area contributed by atoms with Crippen LogP contribution in [0.5, 0.6) is 5.75 Å². The van der Waals surface area contributed by atoms with Crippen LogP contribution in [0.1, 0.15) is 65.7 Å². The number of amides is 2. The number of anilines is 1. The van der Waals surface area contributed by atoms with E-state index in [9.17, 15) is 19.5 Å². The van der Waals surface area contributed by atoms with Gasteiger partial charge in [0.2, 0.25) is 0 Å². The van der Waals surface area contributed by atoms with Crippen molar-refractivity contribution in [1.29, 1.82) is 0 Å². The van der Waals surface area contributed by atoms with E-state index in [1.807, 2.05) is 45.0 Å². The first-order valence-corrected chi connectivity index (χ1v) is 12.8. The smallest absolute Gasteiger partial charge is 0.410 e. The average molecular weight is 533 g/mol. The highest BCUT2D eigenvalue weighted by Crippen LogP contribution is 2.51. The SMILES string of the molecule is COc1ccc(-n2nc(C(=O)O)c3c2C(=O)N(c2ccc(C4(N(C)C(=O)OC(C)(C)C)CC4)cc2)CC3)cc1. The third-order valence-electron chi connectivity index (χ3n) is 7.29. The summed E-state index contributed by atoms with van der Waals surface area (Å²) in [7, 11) is 3.31. The number of benzene rings is 2. The number of ether oxygens (including phenoxy) is 2. The lowest BCUT2D eigenvalue weighted by Crippen LogP contribution is -2.41. The van der Waals surface area contributed by atoms with Gasteiger partial charge in [0.15, 0.2) is 5.69 Å². The lowest BCUT2D eigenvalue weighted by Gasteiger charge is -2.32. The Balaban J connectivity index is 1.43. The number of hydrogen-bond acceptors (Lipinski definition) is 6. The first kappa shape index (κ1) is 26.3. The molecule has 0 radical (unpaired) electrons. The first-order chi connectivity index (χ1) is 18.4. The highest BCUT2D eigenvalue weighted by molar-refractivity contribution is 6.09. The fourth-order valence-electron chi connectivity index (χ4n) is 5.08. The molecule has 0 saturated heterocycles. The first-order valence-electron chi connectivity index (χ1n) is 12.8. The van der Waals surface area contributed by atoms with Gasteiger partial charge < -0.3 is 24.4 Å². The van der Waals surface area contributed by atoms with Gasteiger partial charge in [-0.3, -0.25) is 4.79 Å². The molecule has 1 aliphatic heterocycles. The monoisotopic (exact) mass is 532 g/mol. The number of rotatable bonds is 6. The number of carbonyl (C=O) groups is 3. The van der Waals surface area contributed by atoms with Crippen LogP contribution in [0.25, 0.3) is 5.69 Å². The standard InChI is InChI=1S/C29H32N4O6/c1-28(2,3)39-27(37)31(4)29(15-16-29)18-6-8-19(9-7-18)32-17-14-22-23(26(35)36)30-33(24(22)25(32)34)20-10-12-21(38-5)13-11-20/h6-13H,14-17H2,1-5H3,(H,35,36). The van der Waals surface area contributed by atoms with E-state index >= 15 is 0 Å². The summed E-state index contributed by atoms with van der Waals surface area (Å²) >= 11 is 0. The number of hydrogen-bond donors (Lipinski definition) is 1. The molecule has 0 unspecified atom stereocenters. The molecule has 1 aromatic heterocycles. The molecular formula is C29H32N4O6. The normalized spacial score (nSPS) is 15.9. The summed E-state index contributed by atoms with van der Waals surface area (Å²) in [6.45, 7) is 5.85. The second-order valence-electron chi connectivity index (χ2n) is 10.9. The summed E-state index contributed by atoms with van der Waals surface area (Å²) in [5.41, 5.74) is 1.74. The molecule has 2 aliphatic rings. The van der Waals surface area contributed by atoms with Crippen molar-refractivity contribution in [2.45, 2.75) is 51.2 Å². The van der Waals surface area contributed by atoms with Gasteiger partial charge in [0.1, 0.15) is 17.0 Å². The molecule has 5 rings (SSSR count). The largest absolute Gasteiger partial charge is 0.497 e. The number of methoxy groups -OCH3 is 1. The molecule has 204 valence electrons. The predicted molar refractivity (Wildman–Crippen MR) is 144 cm³/mol. The molecule has 10 heteroatoms. The number of nitrogens with zero attached hydrogens (tertiary/aromatic N) is 4. The molecule has 0 bridgehead atoms. The van der Waals surface area contributed by atoms with Crippen molar-refractivity contribution in [3.63, 3.8) is 0 Å². The van der Waals surface area contributed by atoms with Crippen molar-refractivity contribution >= 4 is 23.7 Å². The van der Waals surface area contributed by atoms with Crippen LogP contribution in [0.3, 0.4) is 0 Å². The Morgan fingerprint density at radius 1 is 1.03 bits per heavy atom. The van der Waals surface area contributed by atoms with E-state index in [1.165, 1.54) is 4.68 Å². The maximum absolute atomic E-state index is 13.8. The molecule has 10 nitrogen and oxygen atoms in total. The van der Waals surface area contributed by atoms with Gasteiger partial charge in [0.25, 0.3) is 5.91 Å². The molecular weight excluding hydrogens is 500 g/mol. The highest BCUT2D eigenvalue weighted by Gasteiger charge is 2.51. The topological polar surface area (TPSA) is 114 Å². The van der Waals surface area contributed by atoms with Crippen molar-refractivity contribution in [3.05, 3.63) is 71.0 Å². The average Bonchev–Trinajstić information content (AvgIpc) is 3.61. The van der Waals surface area contributed by atoms with Crippen LogP contribution >= 0.6 is 0 Å². The van der Waals surface area contributed by atoms with Gasteiger partial charge in [0.05, 0.1) is 18.3 Å². The summed E-state index contributed by atoms with van der Waals surface area (Å²) in [5, 5.41) is 14.0. The second kappa shape index (κ2) is 9.44. The van der Waals surface area contributed by atoms with E-state index in [1.54, 1.807) is 48.2 Å². The van der Waals surface area contributed by atoms with Crippen LogP contribution in [0.15, 0.2) is 48.5 Å². The van der Waals surface area contributed by atoms with E-state index in [-0.39, 0.29) is 23.4 Å². The Kier molecular flexibility index (Phi) is 6.36. The highest BCUT2D eigenvalue weighted by atomic mass is 16.6. The molecule has 2 heterocycles. The Labute approximate surface area is 226 Å². The summed E-state index contributed by atoms with van der Waals surface area (Å²) in [4.78, 5) is 41.7. The van der Waals surface area contributed by atoms with Crippen LogP contribution in [0, 0.1) is 0 Å². The molecule has 2 amide bonds. The number of carbonyl (C=O) groups excluding carboxylic acids is 2. The van der Waals surface area contributed by atoms with Gasteiger partial charge in [-0.15, -0.1) is 0 Å². The Morgan fingerprint density at radius 2 is 1.64 bits per heavy atom. The summed E-state index contributed by atoms with van der Waals surface area (Å²) in [6, 6.07) is 14.5. The zero-order chi connectivity index (χ0) is 28.1. The van der Waals surface area contributed by atoms with Crippen molar-refractivity contribution in [2.75, 3.05) is 25.6 Å². The molecule has 1 N–H and O–H groups in total. The number of fused-ring (bicyclic) bond motifs is 1. The molecule has 1 fully saturated rings. The van der Waals surface area contributed by atoms with Crippen LogP contribution in [-0.4, -0.2) is 64.1 Å². The minimum absolute atomic E-state index is 0.120. The van der Waals surface area contributed by atoms with E-state index in [4.69, 9.17) is 9.47 Å². The van der Waals surface area contributed by atoms with E-state index in [0.717, 1.165) is 18.4 Å². The van der Waals surface area contributed by atoms with Gasteiger partial charge in [-0.05, 0) is 82.0 Å². The quantitative estimate of drug-likeness (QED) is 0.492. The number of carboxylic acids is 1. The minimum atomic E-state index is -1.17. The summed E-state index contributed by atoms with van der Waals surface area (Å²) in [5.74, 6) is -0.864. The van der Waals surface area contributed by atoms with Gasteiger partial charge in [-0.2, -0.15) is 5.10 Å². The zero-order valence-electron chi connectivity index (χ0n) is 22.7. The molecule has 3 aromatic rings. The van der Waals surface area contributed by atoms with Crippen LogP contribution < -0.4 is 9.64 Å². The predicted octanol–water partition coefficient (Wildman–Crippen LogP) is 4.64. The Morgan fingerprint density at radius 3 is 2.18 bits per heavy atom. The van der Waals surface area contributed by atoms with E-state index in [2.05, 4.69) is 5.10 Å². The van der Waals surface area contributed by atoms with Gasteiger partial charge in [-0.25, -0.2) is 14.3 Å². The molecule has 39 heavy (non-hydrogen) atoms. The molecule has 1 saturated carbocycles. The lowest BCUT2D eigenvalue weighted by molar-refractivity contribution is 0.0189. The van der Waals surface area contributed by atoms with Crippen LogP contribution in [0.4, 0.5) is 10.5 Å². The van der Waals surface area contributed by atoms with Crippen molar-refractivity contribution < 1.29 is 29.0 Å². The maximum atomic E-state index is 13.8. The van der Waals surface area contributed by atoms with Gasteiger partial charge in [0, 0.05) is 24.8 Å². The molecule has 0 atom stereocenters. The van der Waals surface area contributed by atoms with Crippen LogP contribution in [0.2, 0.25) is 0 Å².